The second-order valence-corrected chi connectivity index (χ2v) is 6.60. The summed E-state index contributed by atoms with van der Waals surface area (Å²) in [6, 6.07) is 6.13. The number of carbonyl (C=O) groups excluding carboxylic acids is 2. The van der Waals surface area contributed by atoms with Crippen molar-refractivity contribution in [1.82, 2.24) is 19.9 Å². The summed E-state index contributed by atoms with van der Waals surface area (Å²) in [6.45, 7) is 2.43. The molecule has 0 radical (unpaired) electrons. The highest BCUT2D eigenvalue weighted by Crippen LogP contribution is 2.21. The van der Waals surface area contributed by atoms with E-state index in [0.29, 0.717) is 18.8 Å². The minimum absolute atomic E-state index is 0.159. The van der Waals surface area contributed by atoms with Crippen molar-refractivity contribution in [3.8, 4) is 0 Å². The Balaban J connectivity index is 1.77. The molecule has 6 N–H and O–H groups in total. The lowest BCUT2D eigenvalue weighted by Crippen LogP contribution is -2.47. The maximum atomic E-state index is 12.6. The number of nitrogens with two attached hydrogens (primary N) is 2. The number of pyridine rings is 2. The molecular weight excluding hydrogens is 376 g/mol. The van der Waals surface area contributed by atoms with Crippen LogP contribution >= 0.6 is 0 Å². The number of nitrogens with one attached hydrogen (secondary N) is 1. The summed E-state index contributed by atoms with van der Waals surface area (Å²) in [5.41, 5.74) is 2.34. The summed E-state index contributed by atoms with van der Waals surface area (Å²) >= 11 is 0. The molecule has 29 heavy (non-hydrogen) atoms. The predicted molar refractivity (Wildman–Crippen MR) is 105 cm³/mol. The van der Waals surface area contributed by atoms with Crippen molar-refractivity contribution < 1.29 is 14.7 Å². The molecule has 1 aliphatic rings. The van der Waals surface area contributed by atoms with Gasteiger partial charge in [0.25, 0.3) is 5.91 Å². The van der Waals surface area contributed by atoms with Gasteiger partial charge in [-0.3, -0.25) is 19.6 Å². The van der Waals surface area contributed by atoms with Crippen LogP contribution in [0.1, 0.15) is 34.2 Å². The molecule has 1 aliphatic heterocycles. The molecule has 2 aromatic rings. The summed E-state index contributed by atoms with van der Waals surface area (Å²) in [5, 5.41) is 16.8. The quantitative estimate of drug-likeness (QED) is 0.164. The molecule has 0 aromatic carbocycles. The van der Waals surface area contributed by atoms with Gasteiger partial charge in [-0.05, 0) is 36.2 Å². The molecule has 0 aliphatic carbocycles. The van der Waals surface area contributed by atoms with Crippen LogP contribution in [-0.2, 0) is 17.9 Å². The highest BCUT2D eigenvalue weighted by Gasteiger charge is 2.21. The Bertz CT molecular complexity index is 948. The molecule has 11 heteroatoms. The van der Waals surface area contributed by atoms with E-state index in [9.17, 15) is 14.7 Å². The minimum Gasteiger partial charge on any atom is -0.394 e. The number of anilines is 1. The Morgan fingerprint density at radius 1 is 1.41 bits per heavy atom. The van der Waals surface area contributed by atoms with E-state index in [0.717, 1.165) is 17.5 Å². The van der Waals surface area contributed by atoms with E-state index in [1.165, 1.54) is 5.01 Å². The largest absolute Gasteiger partial charge is 0.394 e. The van der Waals surface area contributed by atoms with Crippen LogP contribution in [-0.4, -0.2) is 55.8 Å². The van der Waals surface area contributed by atoms with E-state index in [-0.39, 0.29) is 24.0 Å². The van der Waals surface area contributed by atoms with Crippen molar-refractivity contribution >= 4 is 24.0 Å². The number of carbonyl (C=O) groups is 2. The summed E-state index contributed by atoms with van der Waals surface area (Å²) in [7, 11) is 0. The number of amides is 2. The second kappa shape index (κ2) is 8.63. The summed E-state index contributed by atoms with van der Waals surface area (Å²) in [5.74, 6) is 11.3. The van der Waals surface area contributed by atoms with Crippen molar-refractivity contribution in [2.45, 2.75) is 26.1 Å². The molecule has 3 rings (SSSR count). The first-order chi connectivity index (χ1) is 14.0. The fraction of sp³-hybridized carbons (Fsp3) is 0.278. The van der Waals surface area contributed by atoms with Crippen LogP contribution in [0.5, 0.6) is 0 Å². The van der Waals surface area contributed by atoms with Crippen molar-refractivity contribution in [3.63, 3.8) is 0 Å². The lowest BCUT2D eigenvalue weighted by Gasteiger charge is -2.25. The van der Waals surface area contributed by atoms with Crippen LogP contribution in [0.25, 0.3) is 0 Å². The molecule has 3 heterocycles. The SMILES string of the molecule is CC(CO)N(N)/C(=N\N)c1cccc(NC(=O)c2cc3c(cn2)CN(C=O)C3)n1. The summed E-state index contributed by atoms with van der Waals surface area (Å²) in [4.78, 5) is 33.6. The molecule has 2 aromatic heterocycles. The maximum absolute atomic E-state index is 12.6. The number of hydrazine groups is 1. The second-order valence-electron chi connectivity index (χ2n) is 6.60. The molecule has 0 fully saturated rings. The van der Waals surface area contributed by atoms with Crippen LogP contribution in [0.4, 0.5) is 5.82 Å². The third-order valence-corrected chi connectivity index (χ3v) is 4.54. The molecular formula is C18H22N8O3. The van der Waals surface area contributed by atoms with Gasteiger partial charge in [0.2, 0.25) is 6.41 Å². The van der Waals surface area contributed by atoms with Crippen molar-refractivity contribution in [2.24, 2.45) is 16.8 Å². The average Bonchev–Trinajstić information content (AvgIpc) is 3.16. The summed E-state index contributed by atoms with van der Waals surface area (Å²) < 4.78 is 0. The van der Waals surface area contributed by atoms with Crippen LogP contribution in [0, 0.1) is 0 Å². The van der Waals surface area contributed by atoms with E-state index in [2.05, 4.69) is 20.4 Å². The van der Waals surface area contributed by atoms with Crippen LogP contribution in [0.3, 0.4) is 0 Å². The van der Waals surface area contributed by atoms with Crippen molar-refractivity contribution in [3.05, 3.63) is 53.0 Å². The zero-order valence-electron chi connectivity index (χ0n) is 15.8. The van der Waals surface area contributed by atoms with Crippen LogP contribution < -0.4 is 17.0 Å². The molecule has 11 nitrogen and oxygen atoms in total. The fourth-order valence-corrected chi connectivity index (χ4v) is 2.88. The van der Waals surface area contributed by atoms with Gasteiger partial charge in [-0.2, -0.15) is 5.10 Å². The Morgan fingerprint density at radius 2 is 2.17 bits per heavy atom. The van der Waals surface area contributed by atoms with Gasteiger partial charge in [-0.1, -0.05) is 6.07 Å². The number of hydrazone groups is 1. The van der Waals surface area contributed by atoms with E-state index in [1.54, 1.807) is 42.3 Å². The molecule has 0 saturated carbocycles. The average molecular weight is 398 g/mol. The Hall–Kier alpha value is -3.57. The number of fused-ring (bicyclic) bond motifs is 1. The Labute approximate surface area is 167 Å². The topological polar surface area (TPSA) is 163 Å². The minimum atomic E-state index is -0.443. The molecule has 0 spiro atoms. The highest BCUT2D eigenvalue weighted by atomic mass is 16.3. The fourth-order valence-electron chi connectivity index (χ4n) is 2.88. The standard InChI is InChI=1S/C18H22N8O3/c1-11(9-27)26(20)17(24-19)14-3-2-4-16(22-14)23-18(29)15-5-12-7-25(10-28)8-13(12)6-21-15/h2-6,10-11,27H,7-9,19-20H2,1H3,(H,22,23,29)/b24-17-. The van der Waals surface area contributed by atoms with Gasteiger partial charge in [0.1, 0.15) is 17.2 Å². The number of amidine groups is 1. The zero-order valence-corrected chi connectivity index (χ0v) is 15.8. The molecule has 2 amide bonds. The molecule has 1 atom stereocenters. The van der Waals surface area contributed by atoms with Gasteiger partial charge in [-0.25, -0.2) is 10.8 Å². The molecule has 0 saturated heterocycles. The monoisotopic (exact) mass is 398 g/mol. The van der Waals surface area contributed by atoms with Crippen molar-refractivity contribution in [1.29, 1.82) is 0 Å². The van der Waals surface area contributed by atoms with E-state index in [4.69, 9.17) is 11.7 Å². The van der Waals surface area contributed by atoms with Crippen molar-refractivity contribution in [2.75, 3.05) is 11.9 Å². The number of aliphatic hydroxyl groups excluding tert-OH is 1. The van der Waals surface area contributed by atoms with Gasteiger partial charge >= 0.3 is 0 Å². The molecule has 1 unspecified atom stereocenters. The van der Waals surface area contributed by atoms with Gasteiger partial charge in [0, 0.05) is 19.3 Å². The molecule has 152 valence electrons. The van der Waals surface area contributed by atoms with E-state index < -0.39 is 11.9 Å². The number of aliphatic hydroxyl groups is 1. The van der Waals surface area contributed by atoms with Gasteiger partial charge < -0.3 is 21.2 Å². The lowest BCUT2D eigenvalue weighted by atomic mass is 10.1. The maximum Gasteiger partial charge on any atom is 0.275 e. The normalized spacial score (nSPS) is 14.3. The first-order valence-corrected chi connectivity index (χ1v) is 8.85. The number of aromatic nitrogens is 2. The first-order valence-electron chi connectivity index (χ1n) is 8.85. The van der Waals surface area contributed by atoms with Gasteiger partial charge in [0.05, 0.1) is 12.6 Å². The van der Waals surface area contributed by atoms with Crippen LogP contribution in [0.15, 0.2) is 35.6 Å². The Morgan fingerprint density at radius 3 is 2.86 bits per heavy atom. The number of hydrogen-bond acceptors (Lipinski definition) is 8. The highest BCUT2D eigenvalue weighted by molar-refractivity contribution is 6.03. The number of rotatable bonds is 6. The third kappa shape index (κ3) is 4.31. The zero-order chi connectivity index (χ0) is 21.0. The predicted octanol–water partition coefficient (Wildman–Crippen LogP) is -0.622. The van der Waals surface area contributed by atoms with E-state index in [1.807, 2.05) is 0 Å². The number of hydrogen-bond donors (Lipinski definition) is 4. The summed E-state index contributed by atoms with van der Waals surface area (Å²) in [6.07, 6.45) is 2.36. The third-order valence-electron chi connectivity index (χ3n) is 4.54. The number of nitrogens with zero attached hydrogens (tertiary/aromatic N) is 5. The molecule has 0 bridgehead atoms. The first kappa shape index (κ1) is 20.2. The smallest absolute Gasteiger partial charge is 0.275 e. The Kier molecular flexibility index (Phi) is 6.00. The van der Waals surface area contributed by atoms with Gasteiger partial charge in [0.15, 0.2) is 5.84 Å². The van der Waals surface area contributed by atoms with Crippen LogP contribution in [0.2, 0.25) is 0 Å². The van der Waals surface area contributed by atoms with E-state index >= 15 is 0 Å². The lowest BCUT2D eigenvalue weighted by molar-refractivity contribution is -0.118. The van der Waals surface area contributed by atoms with Gasteiger partial charge in [-0.15, -0.1) is 0 Å².